The predicted molar refractivity (Wildman–Crippen MR) is 88.5 cm³/mol. The van der Waals surface area contributed by atoms with Gasteiger partial charge in [0, 0.05) is 19.1 Å². The van der Waals surface area contributed by atoms with Crippen molar-refractivity contribution in [1.29, 1.82) is 0 Å². The molecule has 4 rings (SSSR count). The Labute approximate surface area is 138 Å². The molecule has 1 spiro atoms. The summed E-state index contributed by atoms with van der Waals surface area (Å²) in [6, 6.07) is 8.76. The molecule has 2 aliphatic rings. The van der Waals surface area contributed by atoms with E-state index in [9.17, 15) is 0 Å². The first-order chi connectivity index (χ1) is 10.7. The molecule has 114 valence electrons. The molecule has 2 N–H and O–H groups in total. The molecule has 1 fully saturated rings. The summed E-state index contributed by atoms with van der Waals surface area (Å²) in [6.07, 6.45) is 4.94. The smallest absolute Gasteiger partial charge is 0.245 e. The minimum absolute atomic E-state index is 0.148. The molecule has 0 amide bonds. The van der Waals surface area contributed by atoms with Crippen LogP contribution in [-0.2, 0) is 6.42 Å². The Hall–Kier alpha value is -1.53. The number of hydrogen-bond acceptors (Lipinski definition) is 5. The number of fused-ring (bicyclic) bond motifs is 1. The third kappa shape index (κ3) is 2.21. The largest absolute Gasteiger partial charge is 0.339 e. The Morgan fingerprint density at radius 3 is 2.64 bits per heavy atom. The molecule has 1 unspecified atom stereocenters. The second-order valence-electron chi connectivity index (χ2n) is 6.28. The van der Waals surface area contributed by atoms with E-state index in [-0.39, 0.29) is 11.5 Å². The quantitative estimate of drug-likeness (QED) is 0.846. The molecule has 1 aliphatic carbocycles. The molecule has 1 aliphatic heterocycles. The fourth-order valence-electron chi connectivity index (χ4n) is 3.86. The minimum atomic E-state index is 0.148. The van der Waals surface area contributed by atoms with Gasteiger partial charge in [0.2, 0.25) is 5.95 Å². The standard InChI is InChI=1S/C16H18BrN5/c17-13-10-19-15(21-20-13)22-7-5-16(6-8-22)9-11-3-1-2-4-12(11)14(16)18/h1-4,10,14H,5-9,18H2. The molecule has 1 atom stereocenters. The second kappa shape index (κ2) is 5.28. The topological polar surface area (TPSA) is 67.9 Å². The maximum atomic E-state index is 6.59. The van der Waals surface area contributed by atoms with E-state index in [1.165, 1.54) is 11.1 Å². The number of hydrogen-bond donors (Lipinski definition) is 1. The van der Waals surface area contributed by atoms with Gasteiger partial charge in [-0.3, -0.25) is 0 Å². The van der Waals surface area contributed by atoms with Gasteiger partial charge in [-0.05, 0) is 51.7 Å². The fraction of sp³-hybridized carbons (Fsp3) is 0.438. The van der Waals surface area contributed by atoms with Crippen LogP contribution >= 0.6 is 15.9 Å². The van der Waals surface area contributed by atoms with Crippen molar-refractivity contribution in [3.8, 4) is 0 Å². The maximum absolute atomic E-state index is 6.59. The first-order valence-electron chi connectivity index (χ1n) is 7.61. The highest BCUT2D eigenvalue weighted by atomic mass is 79.9. The first-order valence-corrected chi connectivity index (χ1v) is 8.41. The molecule has 0 saturated carbocycles. The zero-order valence-electron chi connectivity index (χ0n) is 12.2. The Morgan fingerprint density at radius 2 is 1.95 bits per heavy atom. The molecule has 22 heavy (non-hydrogen) atoms. The van der Waals surface area contributed by atoms with Gasteiger partial charge in [0.05, 0.1) is 6.20 Å². The summed E-state index contributed by atoms with van der Waals surface area (Å²) in [5, 5.41) is 8.19. The molecule has 6 heteroatoms. The van der Waals surface area contributed by atoms with Gasteiger partial charge in [-0.15, -0.1) is 10.2 Å². The normalized spacial score (nSPS) is 22.8. The Balaban J connectivity index is 1.52. The van der Waals surface area contributed by atoms with Gasteiger partial charge < -0.3 is 10.6 Å². The van der Waals surface area contributed by atoms with Gasteiger partial charge in [0.15, 0.2) is 0 Å². The zero-order valence-corrected chi connectivity index (χ0v) is 13.8. The third-order valence-corrected chi connectivity index (χ3v) is 5.52. The SMILES string of the molecule is NC1c2ccccc2CC12CCN(c1ncc(Br)nn1)CC2. The molecule has 1 aromatic heterocycles. The van der Waals surface area contributed by atoms with Gasteiger partial charge in [0.1, 0.15) is 4.60 Å². The highest BCUT2D eigenvalue weighted by molar-refractivity contribution is 9.10. The van der Waals surface area contributed by atoms with Crippen molar-refractivity contribution in [2.24, 2.45) is 11.1 Å². The van der Waals surface area contributed by atoms with Crippen molar-refractivity contribution in [2.75, 3.05) is 18.0 Å². The number of halogens is 1. The fourth-order valence-corrected chi connectivity index (χ4v) is 4.04. The van der Waals surface area contributed by atoms with E-state index in [2.05, 4.69) is 60.3 Å². The van der Waals surface area contributed by atoms with Crippen molar-refractivity contribution >= 4 is 21.9 Å². The zero-order chi connectivity index (χ0) is 15.2. The van der Waals surface area contributed by atoms with E-state index < -0.39 is 0 Å². The monoisotopic (exact) mass is 359 g/mol. The van der Waals surface area contributed by atoms with Gasteiger partial charge in [-0.25, -0.2) is 4.98 Å². The van der Waals surface area contributed by atoms with Crippen LogP contribution in [0.4, 0.5) is 5.95 Å². The number of nitrogens with two attached hydrogens (primary N) is 1. The van der Waals surface area contributed by atoms with Crippen LogP contribution in [0.3, 0.4) is 0 Å². The highest BCUT2D eigenvalue weighted by Crippen LogP contribution is 2.50. The van der Waals surface area contributed by atoms with Crippen LogP contribution in [0.15, 0.2) is 35.1 Å². The Kier molecular flexibility index (Phi) is 3.38. The van der Waals surface area contributed by atoms with Crippen LogP contribution in [0.2, 0.25) is 0 Å². The Bertz CT molecular complexity index is 679. The predicted octanol–water partition coefficient (Wildman–Crippen LogP) is 2.48. The summed E-state index contributed by atoms with van der Waals surface area (Å²) in [7, 11) is 0. The molecular formula is C16H18BrN5. The van der Waals surface area contributed by atoms with E-state index in [1.54, 1.807) is 6.20 Å². The van der Waals surface area contributed by atoms with Crippen LogP contribution < -0.4 is 10.6 Å². The van der Waals surface area contributed by atoms with E-state index in [0.717, 1.165) is 32.4 Å². The summed E-state index contributed by atoms with van der Waals surface area (Å²) >= 11 is 3.27. The van der Waals surface area contributed by atoms with E-state index in [0.29, 0.717) is 10.6 Å². The summed E-state index contributed by atoms with van der Waals surface area (Å²) in [6.45, 7) is 1.87. The average molecular weight is 360 g/mol. The lowest BCUT2D eigenvalue weighted by molar-refractivity contribution is 0.187. The van der Waals surface area contributed by atoms with Crippen molar-refractivity contribution in [3.63, 3.8) is 0 Å². The number of benzene rings is 1. The first kappa shape index (κ1) is 14.1. The van der Waals surface area contributed by atoms with Gasteiger partial charge >= 0.3 is 0 Å². The second-order valence-corrected chi connectivity index (χ2v) is 7.10. The maximum Gasteiger partial charge on any atom is 0.245 e. The molecule has 0 radical (unpaired) electrons. The molecule has 1 saturated heterocycles. The van der Waals surface area contributed by atoms with Crippen molar-refractivity contribution in [3.05, 3.63) is 46.2 Å². The minimum Gasteiger partial charge on any atom is -0.339 e. The van der Waals surface area contributed by atoms with Gasteiger partial charge in [-0.2, -0.15) is 0 Å². The van der Waals surface area contributed by atoms with Crippen LogP contribution in [0, 0.1) is 5.41 Å². The number of anilines is 1. The number of aromatic nitrogens is 3. The Morgan fingerprint density at radius 1 is 1.18 bits per heavy atom. The van der Waals surface area contributed by atoms with Crippen molar-refractivity contribution in [2.45, 2.75) is 25.3 Å². The van der Waals surface area contributed by atoms with Crippen molar-refractivity contribution in [1.82, 2.24) is 15.2 Å². The number of piperidine rings is 1. The molecule has 5 nitrogen and oxygen atoms in total. The van der Waals surface area contributed by atoms with Crippen LogP contribution in [-0.4, -0.2) is 28.3 Å². The molecule has 2 heterocycles. The summed E-state index contributed by atoms with van der Waals surface area (Å²) in [4.78, 5) is 6.56. The van der Waals surface area contributed by atoms with E-state index >= 15 is 0 Å². The van der Waals surface area contributed by atoms with Gasteiger partial charge in [-0.1, -0.05) is 24.3 Å². The third-order valence-electron chi connectivity index (χ3n) is 5.16. The van der Waals surface area contributed by atoms with E-state index in [1.807, 2.05) is 0 Å². The van der Waals surface area contributed by atoms with Crippen molar-refractivity contribution < 1.29 is 0 Å². The molecular weight excluding hydrogens is 342 g/mol. The van der Waals surface area contributed by atoms with Crippen LogP contribution in [0.5, 0.6) is 0 Å². The highest BCUT2D eigenvalue weighted by Gasteiger charge is 2.45. The molecule has 1 aromatic carbocycles. The summed E-state index contributed by atoms with van der Waals surface area (Å²) in [5.74, 6) is 0.710. The summed E-state index contributed by atoms with van der Waals surface area (Å²) in [5.41, 5.74) is 9.54. The summed E-state index contributed by atoms with van der Waals surface area (Å²) < 4.78 is 0.665. The number of rotatable bonds is 1. The average Bonchev–Trinajstić information content (AvgIpc) is 2.82. The molecule has 0 bridgehead atoms. The lowest BCUT2D eigenvalue weighted by Crippen LogP contribution is -2.45. The van der Waals surface area contributed by atoms with Gasteiger partial charge in [0.25, 0.3) is 0 Å². The number of nitrogens with zero attached hydrogens (tertiary/aromatic N) is 4. The lowest BCUT2D eigenvalue weighted by atomic mass is 9.73. The van der Waals surface area contributed by atoms with E-state index in [4.69, 9.17) is 5.73 Å². The van der Waals surface area contributed by atoms with Crippen LogP contribution in [0.1, 0.15) is 30.0 Å². The molecule has 2 aromatic rings. The lowest BCUT2D eigenvalue weighted by Gasteiger charge is -2.42. The van der Waals surface area contributed by atoms with Crippen LogP contribution in [0.25, 0.3) is 0 Å².